The van der Waals surface area contributed by atoms with E-state index in [1.165, 1.54) is 7.11 Å². The van der Waals surface area contributed by atoms with E-state index >= 15 is 0 Å². The van der Waals surface area contributed by atoms with Crippen LogP contribution in [0.25, 0.3) is 0 Å². The van der Waals surface area contributed by atoms with Gasteiger partial charge in [0, 0.05) is 0 Å². The lowest BCUT2D eigenvalue weighted by Gasteiger charge is -2.36. The van der Waals surface area contributed by atoms with Crippen LogP contribution in [0.5, 0.6) is 0 Å². The summed E-state index contributed by atoms with van der Waals surface area (Å²) >= 11 is 0. The van der Waals surface area contributed by atoms with Crippen LogP contribution in [0.2, 0.25) is 0 Å². The van der Waals surface area contributed by atoms with E-state index in [4.69, 9.17) is 10.5 Å². The Kier molecular flexibility index (Phi) is 3.11. The number of methoxy groups -OCH3 is 1. The van der Waals surface area contributed by atoms with E-state index in [0.29, 0.717) is 0 Å². The normalized spacial score (nSPS) is 30.8. The van der Waals surface area contributed by atoms with Crippen LogP contribution in [0, 0.1) is 11.8 Å². The highest BCUT2D eigenvalue weighted by Crippen LogP contribution is 2.30. The number of allylic oxidation sites excluding steroid dienone is 2. The molecule has 0 spiro atoms. The molecule has 0 amide bonds. The van der Waals surface area contributed by atoms with E-state index < -0.39 is 5.54 Å². The van der Waals surface area contributed by atoms with Gasteiger partial charge in [-0.1, -0.05) is 38.2 Å². The van der Waals surface area contributed by atoms with Gasteiger partial charge in [0.1, 0.15) is 0 Å². The second kappa shape index (κ2) is 3.96. The number of hydrogen-bond acceptors (Lipinski definition) is 3. The Labute approximate surface area is 84.6 Å². The maximum absolute atomic E-state index is 11.5. The van der Waals surface area contributed by atoms with E-state index in [-0.39, 0.29) is 17.8 Å². The van der Waals surface area contributed by atoms with Gasteiger partial charge in [-0.05, 0) is 5.92 Å². The van der Waals surface area contributed by atoms with Crippen molar-refractivity contribution < 1.29 is 9.53 Å². The molecule has 0 aromatic heterocycles. The van der Waals surface area contributed by atoms with E-state index in [0.717, 1.165) is 0 Å². The summed E-state index contributed by atoms with van der Waals surface area (Å²) in [7, 11) is 1.38. The molecule has 3 nitrogen and oxygen atoms in total. The van der Waals surface area contributed by atoms with Crippen LogP contribution in [-0.4, -0.2) is 18.6 Å². The molecule has 0 radical (unpaired) electrons. The first-order chi connectivity index (χ1) is 6.52. The number of hydrogen-bond donors (Lipinski definition) is 1. The number of esters is 1. The molecule has 1 aliphatic carbocycles. The number of rotatable bonds is 2. The predicted octanol–water partition coefficient (Wildman–Crippen LogP) is 1.26. The summed E-state index contributed by atoms with van der Waals surface area (Å²) in [6.45, 7) is 4.00. The summed E-state index contributed by atoms with van der Waals surface area (Å²) in [5.74, 6) is -0.466. The van der Waals surface area contributed by atoms with Crippen molar-refractivity contribution in [1.82, 2.24) is 0 Å². The van der Waals surface area contributed by atoms with Crippen LogP contribution in [0.1, 0.15) is 13.8 Å². The maximum atomic E-state index is 11.5. The van der Waals surface area contributed by atoms with Crippen LogP contribution >= 0.6 is 0 Å². The van der Waals surface area contributed by atoms with Gasteiger partial charge in [-0.3, -0.25) is 4.79 Å². The predicted molar refractivity (Wildman–Crippen MR) is 55.5 cm³/mol. The minimum Gasteiger partial charge on any atom is -0.469 e. The fourth-order valence-corrected chi connectivity index (χ4v) is 1.63. The van der Waals surface area contributed by atoms with Crippen molar-refractivity contribution in [2.45, 2.75) is 19.4 Å². The largest absolute Gasteiger partial charge is 0.469 e. The van der Waals surface area contributed by atoms with Crippen molar-refractivity contribution in [3.05, 3.63) is 24.3 Å². The third kappa shape index (κ3) is 1.73. The third-order valence-corrected chi connectivity index (χ3v) is 2.79. The van der Waals surface area contributed by atoms with E-state index in [1.807, 2.05) is 32.1 Å². The van der Waals surface area contributed by atoms with Gasteiger partial charge in [0.25, 0.3) is 0 Å². The Hall–Kier alpha value is -1.09. The molecule has 78 valence electrons. The van der Waals surface area contributed by atoms with Gasteiger partial charge in [0.05, 0.1) is 18.6 Å². The average Bonchev–Trinajstić information content (AvgIpc) is 2.17. The Bertz CT molecular complexity index is 281. The number of carbonyl (C=O) groups is 1. The van der Waals surface area contributed by atoms with E-state index in [9.17, 15) is 4.79 Å². The van der Waals surface area contributed by atoms with Crippen LogP contribution in [0.4, 0.5) is 0 Å². The molecule has 3 heteroatoms. The topological polar surface area (TPSA) is 52.3 Å². The standard InChI is InChI=1S/C11H17NO2/c1-8(2)11(12)7-5-4-6-9(11)10(13)14-3/h4-9H,12H2,1-3H3. The third-order valence-electron chi connectivity index (χ3n) is 2.79. The van der Waals surface area contributed by atoms with E-state index in [2.05, 4.69) is 0 Å². The van der Waals surface area contributed by atoms with Gasteiger partial charge in [0.15, 0.2) is 0 Å². The highest BCUT2D eigenvalue weighted by molar-refractivity contribution is 5.77. The molecule has 1 aliphatic rings. The molecular weight excluding hydrogens is 178 g/mol. The second-order valence-electron chi connectivity index (χ2n) is 3.90. The van der Waals surface area contributed by atoms with Crippen LogP contribution in [0.15, 0.2) is 24.3 Å². The first-order valence-electron chi connectivity index (χ1n) is 4.75. The lowest BCUT2D eigenvalue weighted by atomic mass is 9.74. The van der Waals surface area contributed by atoms with E-state index in [1.54, 1.807) is 6.08 Å². The molecule has 2 unspecified atom stereocenters. The molecule has 0 aromatic carbocycles. The van der Waals surface area contributed by atoms with Crippen LogP contribution in [0.3, 0.4) is 0 Å². The van der Waals surface area contributed by atoms with Crippen molar-refractivity contribution in [3.8, 4) is 0 Å². The average molecular weight is 195 g/mol. The quantitative estimate of drug-likeness (QED) is 0.675. The fourth-order valence-electron chi connectivity index (χ4n) is 1.63. The van der Waals surface area contributed by atoms with Gasteiger partial charge in [-0.2, -0.15) is 0 Å². The molecule has 0 aromatic rings. The van der Waals surface area contributed by atoms with Crippen molar-refractivity contribution in [3.63, 3.8) is 0 Å². The summed E-state index contributed by atoms with van der Waals surface area (Å²) in [6, 6.07) is 0. The summed E-state index contributed by atoms with van der Waals surface area (Å²) in [5, 5.41) is 0. The second-order valence-corrected chi connectivity index (χ2v) is 3.90. The van der Waals surface area contributed by atoms with Gasteiger partial charge >= 0.3 is 5.97 Å². The maximum Gasteiger partial charge on any atom is 0.314 e. The summed E-state index contributed by atoms with van der Waals surface area (Å²) in [6.07, 6.45) is 7.37. The molecule has 0 heterocycles. The van der Waals surface area contributed by atoms with Crippen molar-refractivity contribution in [2.24, 2.45) is 17.6 Å². The lowest BCUT2D eigenvalue weighted by Crippen LogP contribution is -2.53. The Morgan fingerprint density at radius 2 is 2.14 bits per heavy atom. The minimum atomic E-state index is -0.623. The molecule has 0 saturated carbocycles. The van der Waals surface area contributed by atoms with Gasteiger partial charge in [-0.25, -0.2) is 0 Å². The van der Waals surface area contributed by atoms with Crippen LogP contribution < -0.4 is 5.73 Å². The highest BCUT2D eigenvalue weighted by atomic mass is 16.5. The lowest BCUT2D eigenvalue weighted by molar-refractivity contribution is -0.145. The SMILES string of the molecule is COC(=O)C1C=CC=CC1(N)C(C)C. The monoisotopic (exact) mass is 195 g/mol. The van der Waals surface area contributed by atoms with Crippen LogP contribution in [-0.2, 0) is 9.53 Å². The van der Waals surface area contributed by atoms with Gasteiger partial charge < -0.3 is 10.5 Å². The van der Waals surface area contributed by atoms with Gasteiger partial charge in [0.2, 0.25) is 0 Å². The zero-order valence-electron chi connectivity index (χ0n) is 8.86. The molecule has 2 atom stereocenters. The van der Waals surface area contributed by atoms with Crippen molar-refractivity contribution in [1.29, 1.82) is 0 Å². The number of carbonyl (C=O) groups excluding carboxylic acids is 1. The molecule has 14 heavy (non-hydrogen) atoms. The summed E-state index contributed by atoms with van der Waals surface area (Å²) in [5.41, 5.74) is 5.56. The zero-order chi connectivity index (χ0) is 10.8. The Morgan fingerprint density at radius 1 is 1.50 bits per heavy atom. The zero-order valence-corrected chi connectivity index (χ0v) is 8.86. The molecular formula is C11H17NO2. The molecule has 2 N–H and O–H groups in total. The first kappa shape index (κ1) is 11.0. The molecule has 0 saturated heterocycles. The number of nitrogens with two attached hydrogens (primary N) is 1. The van der Waals surface area contributed by atoms with Gasteiger partial charge in [-0.15, -0.1) is 0 Å². The van der Waals surface area contributed by atoms with Crippen molar-refractivity contribution in [2.75, 3.05) is 7.11 Å². The summed E-state index contributed by atoms with van der Waals surface area (Å²) < 4.78 is 4.73. The highest BCUT2D eigenvalue weighted by Gasteiger charge is 2.40. The Balaban J connectivity index is 2.98. The number of ether oxygens (including phenoxy) is 1. The summed E-state index contributed by atoms with van der Waals surface area (Å²) in [4.78, 5) is 11.5. The molecule has 0 aliphatic heterocycles. The molecule has 0 bridgehead atoms. The molecule has 1 rings (SSSR count). The smallest absolute Gasteiger partial charge is 0.314 e. The molecule has 0 fully saturated rings. The first-order valence-corrected chi connectivity index (χ1v) is 4.75. The Morgan fingerprint density at radius 3 is 2.64 bits per heavy atom. The fraction of sp³-hybridized carbons (Fsp3) is 0.545. The van der Waals surface area contributed by atoms with Crippen molar-refractivity contribution >= 4 is 5.97 Å². The minimum absolute atomic E-state index is 0.188.